The molecule has 1 aromatic carbocycles. The lowest BCUT2D eigenvalue weighted by atomic mass is 10.2. The second kappa shape index (κ2) is 7.15. The highest BCUT2D eigenvalue weighted by Gasteiger charge is 2.14. The van der Waals surface area contributed by atoms with Crippen LogP contribution in [0.1, 0.15) is 25.1 Å². The zero-order valence-electron chi connectivity index (χ0n) is 12.1. The number of nitrogens with one attached hydrogen (secondary N) is 1. The molecule has 0 radical (unpaired) electrons. The Kier molecular flexibility index (Phi) is 5.00. The van der Waals surface area contributed by atoms with E-state index in [1.165, 1.54) is 24.6 Å². The molecule has 0 fully saturated rings. The number of halogens is 1. The van der Waals surface area contributed by atoms with Gasteiger partial charge >= 0.3 is 0 Å². The summed E-state index contributed by atoms with van der Waals surface area (Å²) >= 11 is 7.19. The van der Waals surface area contributed by atoms with Crippen LogP contribution in [0.5, 0.6) is 0 Å². The maximum atomic E-state index is 11.9. The van der Waals surface area contributed by atoms with Crippen molar-refractivity contribution in [2.24, 2.45) is 0 Å². The molecular weight excluding hydrogens is 320 g/mol. The molecule has 5 nitrogen and oxygen atoms in total. The van der Waals surface area contributed by atoms with E-state index in [0.29, 0.717) is 15.9 Å². The van der Waals surface area contributed by atoms with Crippen LogP contribution in [0.25, 0.3) is 0 Å². The number of aromatic nitrogens is 3. The molecule has 2 heterocycles. The minimum Gasteiger partial charge on any atom is -0.325 e. The highest BCUT2D eigenvalue weighted by Crippen LogP contribution is 2.19. The molecule has 0 atom stereocenters. The monoisotopic (exact) mass is 336 g/mol. The third-order valence-electron chi connectivity index (χ3n) is 3.46. The molecule has 0 saturated carbocycles. The van der Waals surface area contributed by atoms with E-state index in [0.717, 1.165) is 30.9 Å². The normalized spacial score (nSPS) is 14.2. The number of fused-ring (bicyclic) bond motifs is 1. The summed E-state index contributed by atoms with van der Waals surface area (Å²) < 4.78 is 1.98. The van der Waals surface area contributed by atoms with E-state index in [-0.39, 0.29) is 5.91 Å². The Morgan fingerprint density at radius 2 is 2.09 bits per heavy atom. The molecule has 0 bridgehead atoms. The van der Waals surface area contributed by atoms with E-state index in [1.807, 2.05) is 4.68 Å². The number of amides is 1. The van der Waals surface area contributed by atoms with E-state index in [4.69, 9.17) is 11.6 Å². The van der Waals surface area contributed by atoms with Gasteiger partial charge in [0.2, 0.25) is 11.1 Å². The van der Waals surface area contributed by atoms with Crippen molar-refractivity contribution in [3.63, 3.8) is 0 Å². The Hall–Kier alpha value is -1.53. The molecule has 0 spiro atoms. The minimum absolute atomic E-state index is 0.0719. The molecule has 1 amide bonds. The second-order valence-corrected chi connectivity index (χ2v) is 6.57. The summed E-state index contributed by atoms with van der Waals surface area (Å²) in [7, 11) is 0. The van der Waals surface area contributed by atoms with Gasteiger partial charge in [0.25, 0.3) is 0 Å². The lowest BCUT2D eigenvalue weighted by Crippen LogP contribution is -2.14. The Labute approximate surface area is 138 Å². The average Bonchev–Trinajstić information content (AvgIpc) is 2.77. The van der Waals surface area contributed by atoms with Gasteiger partial charge < -0.3 is 5.32 Å². The number of hydrogen-bond acceptors (Lipinski definition) is 4. The molecule has 1 aliphatic heterocycles. The van der Waals surface area contributed by atoms with Crippen LogP contribution in [0.2, 0.25) is 5.02 Å². The highest BCUT2D eigenvalue weighted by atomic mass is 35.5. The van der Waals surface area contributed by atoms with Gasteiger partial charge in [0.05, 0.1) is 5.75 Å². The fourth-order valence-electron chi connectivity index (χ4n) is 2.36. The first kappa shape index (κ1) is 15.4. The van der Waals surface area contributed by atoms with Gasteiger partial charge in [0.15, 0.2) is 0 Å². The van der Waals surface area contributed by atoms with Crippen LogP contribution in [-0.4, -0.2) is 26.4 Å². The quantitative estimate of drug-likeness (QED) is 0.869. The van der Waals surface area contributed by atoms with Crippen molar-refractivity contribution >= 4 is 35.0 Å². The van der Waals surface area contributed by atoms with Gasteiger partial charge in [0.1, 0.15) is 5.82 Å². The van der Waals surface area contributed by atoms with Crippen LogP contribution in [0.15, 0.2) is 29.4 Å². The molecule has 1 aromatic heterocycles. The van der Waals surface area contributed by atoms with Gasteiger partial charge in [-0.3, -0.25) is 4.79 Å². The van der Waals surface area contributed by atoms with Gasteiger partial charge in [-0.15, -0.1) is 5.10 Å². The van der Waals surface area contributed by atoms with E-state index >= 15 is 0 Å². The SMILES string of the molecule is O=C(CSc1nc2n(n1)CCCCC2)Nc1ccc(Cl)cc1. The number of nitrogens with zero attached hydrogens (tertiary/aromatic N) is 3. The number of thioether (sulfide) groups is 1. The van der Waals surface area contributed by atoms with E-state index in [1.54, 1.807) is 24.3 Å². The predicted molar refractivity (Wildman–Crippen MR) is 88.4 cm³/mol. The molecule has 7 heteroatoms. The predicted octanol–water partition coefficient (Wildman–Crippen LogP) is 3.39. The van der Waals surface area contributed by atoms with Crippen LogP contribution in [0, 0.1) is 0 Å². The Morgan fingerprint density at radius 3 is 2.91 bits per heavy atom. The van der Waals surface area contributed by atoms with E-state index in [2.05, 4.69) is 15.4 Å². The summed E-state index contributed by atoms with van der Waals surface area (Å²) in [5, 5.41) is 8.64. The molecular formula is C15H17ClN4OS. The molecule has 0 aliphatic carbocycles. The van der Waals surface area contributed by atoms with E-state index in [9.17, 15) is 4.79 Å². The molecule has 2 aromatic rings. The van der Waals surface area contributed by atoms with Crippen LogP contribution in [0.4, 0.5) is 5.69 Å². The third kappa shape index (κ3) is 4.01. The Morgan fingerprint density at radius 1 is 1.27 bits per heavy atom. The smallest absolute Gasteiger partial charge is 0.234 e. The van der Waals surface area contributed by atoms with Crippen LogP contribution >= 0.6 is 23.4 Å². The lowest BCUT2D eigenvalue weighted by molar-refractivity contribution is -0.113. The highest BCUT2D eigenvalue weighted by molar-refractivity contribution is 7.99. The fraction of sp³-hybridized carbons (Fsp3) is 0.400. The number of carbonyl (C=O) groups is 1. The van der Waals surface area contributed by atoms with Gasteiger partial charge in [0, 0.05) is 23.7 Å². The summed E-state index contributed by atoms with van der Waals surface area (Å²) in [5.74, 6) is 1.27. The molecule has 1 aliphatic rings. The number of carbonyl (C=O) groups excluding carboxylic acids is 1. The fourth-order valence-corrected chi connectivity index (χ4v) is 3.14. The lowest BCUT2D eigenvalue weighted by Gasteiger charge is -2.03. The number of hydrogen-bond donors (Lipinski definition) is 1. The maximum absolute atomic E-state index is 11.9. The summed E-state index contributed by atoms with van der Waals surface area (Å²) in [5.41, 5.74) is 0.739. The average molecular weight is 337 g/mol. The maximum Gasteiger partial charge on any atom is 0.234 e. The van der Waals surface area contributed by atoms with Crippen LogP contribution < -0.4 is 5.32 Å². The zero-order chi connectivity index (χ0) is 15.4. The zero-order valence-corrected chi connectivity index (χ0v) is 13.7. The number of anilines is 1. The van der Waals surface area contributed by atoms with Crippen molar-refractivity contribution < 1.29 is 4.79 Å². The Balaban J connectivity index is 1.53. The number of benzene rings is 1. The van der Waals surface area contributed by atoms with Crippen molar-refractivity contribution in [3.8, 4) is 0 Å². The summed E-state index contributed by atoms with van der Waals surface area (Å²) in [6.07, 6.45) is 4.53. The first-order valence-corrected chi connectivity index (χ1v) is 8.69. The van der Waals surface area contributed by atoms with Crippen molar-refractivity contribution in [1.82, 2.24) is 14.8 Å². The molecule has 0 saturated heterocycles. The standard InChI is InChI=1S/C15H17ClN4OS/c16-11-5-7-12(8-6-11)17-14(21)10-22-15-18-13-4-2-1-3-9-20(13)19-15/h5-8H,1-4,9-10H2,(H,17,21). The first-order valence-electron chi connectivity index (χ1n) is 7.33. The number of rotatable bonds is 4. The van der Waals surface area contributed by atoms with E-state index < -0.39 is 0 Å². The number of aryl methyl sites for hydroxylation is 2. The molecule has 3 rings (SSSR count). The first-order chi connectivity index (χ1) is 10.7. The molecule has 116 valence electrons. The van der Waals surface area contributed by atoms with Crippen molar-refractivity contribution in [2.45, 2.75) is 37.4 Å². The van der Waals surface area contributed by atoms with Crippen LogP contribution in [0.3, 0.4) is 0 Å². The summed E-state index contributed by atoms with van der Waals surface area (Å²) in [4.78, 5) is 16.5. The van der Waals surface area contributed by atoms with Gasteiger partial charge in [-0.1, -0.05) is 29.8 Å². The minimum atomic E-state index is -0.0719. The summed E-state index contributed by atoms with van der Waals surface area (Å²) in [6, 6.07) is 7.06. The van der Waals surface area contributed by atoms with Crippen molar-refractivity contribution in [2.75, 3.05) is 11.1 Å². The van der Waals surface area contributed by atoms with Gasteiger partial charge in [-0.2, -0.15) is 0 Å². The summed E-state index contributed by atoms with van der Waals surface area (Å²) in [6.45, 7) is 0.930. The van der Waals surface area contributed by atoms with Crippen molar-refractivity contribution in [3.05, 3.63) is 35.1 Å². The molecule has 1 N–H and O–H groups in total. The third-order valence-corrected chi connectivity index (χ3v) is 4.55. The second-order valence-electron chi connectivity index (χ2n) is 5.19. The van der Waals surface area contributed by atoms with Crippen molar-refractivity contribution in [1.29, 1.82) is 0 Å². The molecule has 0 unspecified atom stereocenters. The van der Waals surface area contributed by atoms with Gasteiger partial charge in [-0.05, 0) is 37.1 Å². The Bertz CT molecular complexity index is 633. The van der Waals surface area contributed by atoms with Gasteiger partial charge in [-0.25, -0.2) is 9.67 Å². The topological polar surface area (TPSA) is 59.8 Å². The largest absolute Gasteiger partial charge is 0.325 e. The molecule has 22 heavy (non-hydrogen) atoms. The van der Waals surface area contributed by atoms with Crippen LogP contribution in [-0.2, 0) is 17.8 Å².